The van der Waals surface area contributed by atoms with E-state index in [1.165, 1.54) is 12.3 Å². The Kier molecular flexibility index (Phi) is 4.58. The summed E-state index contributed by atoms with van der Waals surface area (Å²) in [4.78, 5) is 6.99. The Labute approximate surface area is 147 Å². The highest BCUT2D eigenvalue weighted by molar-refractivity contribution is 6.30. The third kappa shape index (κ3) is 3.70. The fourth-order valence-corrected chi connectivity index (χ4v) is 2.81. The number of hydrogen-bond donors (Lipinski definition) is 2. The molecule has 0 saturated heterocycles. The van der Waals surface area contributed by atoms with Crippen molar-refractivity contribution in [1.82, 2.24) is 9.97 Å². The van der Waals surface area contributed by atoms with Crippen molar-refractivity contribution in [3.05, 3.63) is 76.2 Å². The van der Waals surface area contributed by atoms with Crippen LogP contribution < -0.4 is 0 Å². The first-order valence-electron chi connectivity index (χ1n) is 7.42. The highest BCUT2D eigenvalue weighted by atomic mass is 35.5. The van der Waals surface area contributed by atoms with Crippen molar-refractivity contribution < 1.29 is 18.3 Å². The molecule has 1 unspecified atom stereocenters. The lowest BCUT2D eigenvalue weighted by atomic mass is 10.0. The average molecular weight is 367 g/mol. The van der Waals surface area contributed by atoms with Gasteiger partial charge >= 0.3 is 6.18 Å². The maximum absolute atomic E-state index is 12.8. The van der Waals surface area contributed by atoms with Gasteiger partial charge in [0, 0.05) is 10.6 Å². The second-order valence-corrected chi connectivity index (χ2v) is 6.10. The molecule has 0 bridgehead atoms. The molecule has 7 heteroatoms. The number of aliphatic hydroxyl groups excluding tert-OH is 1. The van der Waals surface area contributed by atoms with Crippen molar-refractivity contribution in [1.29, 1.82) is 0 Å². The molecule has 1 heterocycles. The lowest BCUT2D eigenvalue weighted by Crippen LogP contribution is -2.05. The molecule has 0 aliphatic heterocycles. The SMILES string of the molecule is Cc1cc(Cl)ccc1C(O)c1ncc(-c2cccc(C(F)(F)F)c2)[nH]1. The number of aromatic nitrogens is 2. The summed E-state index contributed by atoms with van der Waals surface area (Å²) in [5.41, 5.74) is 1.40. The molecule has 1 aromatic heterocycles. The van der Waals surface area contributed by atoms with Gasteiger partial charge in [-0.15, -0.1) is 0 Å². The molecule has 130 valence electrons. The molecule has 2 aromatic carbocycles. The number of aliphatic hydroxyl groups is 1. The van der Waals surface area contributed by atoms with E-state index in [1.54, 1.807) is 31.2 Å². The Hall–Kier alpha value is -2.31. The summed E-state index contributed by atoms with van der Waals surface area (Å²) < 4.78 is 38.5. The number of aromatic amines is 1. The van der Waals surface area contributed by atoms with E-state index in [0.29, 0.717) is 21.8 Å². The zero-order valence-corrected chi connectivity index (χ0v) is 13.9. The second kappa shape index (κ2) is 6.54. The Bertz CT molecular complexity index is 905. The maximum Gasteiger partial charge on any atom is 0.416 e. The zero-order valence-electron chi connectivity index (χ0n) is 13.1. The standard InChI is InChI=1S/C18H14ClF3N2O/c1-10-7-13(19)5-6-14(10)16(25)17-23-9-15(24-17)11-3-2-4-12(8-11)18(20,21)22/h2-9,16,25H,1H3,(H,23,24). The van der Waals surface area contributed by atoms with Gasteiger partial charge in [0.05, 0.1) is 17.5 Å². The summed E-state index contributed by atoms with van der Waals surface area (Å²) in [6.45, 7) is 1.81. The van der Waals surface area contributed by atoms with Crippen molar-refractivity contribution in [3.8, 4) is 11.3 Å². The van der Waals surface area contributed by atoms with E-state index in [-0.39, 0.29) is 5.82 Å². The quantitative estimate of drug-likeness (QED) is 0.674. The van der Waals surface area contributed by atoms with Crippen molar-refractivity contribution >= 4 is 11.6 Å². The zero-order chi connectivity index (χ0) is 18.2. The van der Waals surface area contributed by atoms with Gasteiger partial charge in [0.2, 0.25) is 0 Å². The normalized spacial score (nSPS) is 13.0. The maximum atomic E-state index is 12.8. The predicted octanol–water partition coefficient (Wildman–Crippen LogP) is 5.14. The van der Waals surface area contributed by atoms with E-state index in [0.717, 1.165) is 17.7 Å². The summed E-state index contributed by atoms with van der Waals surface area (Å²) in [5, 5.41) is 11.0. The largest absolute Gasteiger partial charge is 0.416 e. The van der Waals surface area contributed by atoms with Gasteiger partial charge in [0.15, 0.2) is 0 Å². The van der Waals surface area contributed by atoms with Crippen LogP contribution in [0.2, 0.25) is 5.02 Å². The van der Waals surface area contributed by atoms with Crippen LogP contribution in [0.4, 0.5) is 13.2 Å². The molecule has 0 aliphatic carbocycles. The number of imidazole rings is 1. The molecule has 2 N–H and O–H groups in total. The molecule has 0 aliphatic rings. The summed E-state index contributed by atoms with van der Waals surface area (Å²) in [5.74, 6) is 0.248. The van der Waals surface area contributed by atoms with Gasteiger partial charge in [-0.2, -0.15) is 13.2 Å². The first-order chi connectivity index (χ1) is 11.8. The van der Waals surface area contributed by atoms with Gasteiger partial charge in [-0.05, 0) is 42.3 Å². The van der Waals surface area contributed by atoms with Crippen LogP contribution in [0.3, 0.4) is 0 Å². The predicted molar refractivity (Wildman–Crippen MR) is 89.3 cm³/mol. The van der Waals surface area contributed by atoms with Crippen LogP contribution in [-0.2, 0) is 6.18 Å². The van der Waals surface area contributed by atoms with Crippen LogP contribution in [0, 0.1) is 6.92 Å². The molecule has 0 saturated carbocycles. The van der Waals surface area contributed by atoms with Crippen LogP contribution in [0.15, 0.2) is 48.7 Å². The molecule has 25 heavy (non-hydrogen) atoms. The number of hydrogen-bond acceptors (Lipinski definition) is 2. The number of aryl methyl sites for hydroxylation is 1. The monoisotopic (exact) mass is 366 g/mol. The Morgan fingerprint density at radius 3 is 2.60 bits per heavy atom. The van der Waals surface area contributed by atoms with E-state index in [1.807, 2.05) is 0 Å². The first kappa shape index (κ1) is 17.5. The van der Waals surface area contributed by atoms with Gasteiger partial charge in [-0.25, -0.2) is 4.98 Å². The summed E-state index contributed by atoms with van der Waals surface area (Å²) in [6, 6.07) is 9.99. The fourth-order valence-electron chi connectivity index (χ4n) is 2.58. The van der Waals surface area contributed by atoms with E-state index in [2.05, 4.69) is 9.97 Å². The molecular weight excluding hydrogens is 353 g/mol. The van der Waals surface area contributed by atoms with Crippen LogP contribution >= 0.6 is 11.6 Å². The Morgan fingerprint density at radius 1 is 1.16 bits per heavy atom. The number of halogens is 4. The topological polar surface area (TPSA) is 48.9 Å². The van der Waals surface area contributed by atoms with Crippen molar-refractivity contribution in [3.63, 3.8) is 0 Å². The third-order valence-corrected chi connectivity index (χ3v) is 4.12. The molecule has 0 amide bonds. The minimum Gasteiger partial charge on any atom is -0.380 e. The molecular formula is C18H14ClF3N2O. The van der Waals surface area contributed by atoms with Gasteiger partial charge in [-0.3, -0.25) is 0 Å². The summed E-state index contributed by atoms with van der Waals surface area (Å²) in [7, 11) is 0. The number of benzene rings is 2. The van der Waals surface area contributed by atoms with Crippen LogP contribution in [0.25, 0.3) is 11.3 Å². The van der Waals surface area contributed by atoms with Crippen molar-refractivity contribution in [2.45, 2.75) is 19.2 Å². The highest BCUT2D eigenvalue weighted by Gasteiger charge is 2.30. The van der Waals surface area contributed by atoms with Gasteiger partial charge < -0.3 is 10.1 Å². The fraction of sp³-hybridized carbons (Fsp3) is 0.167. The molecule has 0 radical (unpaired) electrons. The highest BCUT2D eigenvalue weighted by Crippen LogP contribution is 2.32. The summed E-state index contributed by atoms with van der Waals surface area (Å²) in [6.07, 6.45) is -4.05. The molecule has 0 fully saturated rings. The second-order valence-electron chi connectivity index (χ2n) is 5.66. The number of alkyl halides is 3. The molecule has 3 nitrogen and oxygen atoms in total. The first-order valence-corrected chi connectivity index (χ1v) is 7.80. The smallest absolute Gasteiger partial charge is 0.380 e. The molecule has 1 atom stereocenters. The van der Waals surface area contributed by atoms with Crippen LogP contribution in [0.1, 0.15) is 28.6 Å². The van der Waals surface area contributed by atoms with E-state index in [9.17, 15) is 18.3 Å². The lowest BCUT2D eigenvalue weighted by molar-refractivity contribution is -0.137. The van der Waals surface area contributed by atoms with Gasteiger partial charge in [0.25, 0.3) is 0 Å². The third-order valence-electron chi connectivity index (χ3n) is 3.88. The molecule has 3 rings (SSSR count). The minimum absolute atomic E-state index is 0.248. The minimum atomic E-state index is -4.42. The Balaban J connectivity index is 1.92. The number of nitrogens with zero attached hydrogens (tertiary/aromatic N) is 1. The number of rotatable bonds is 3. The number of H-pyrrole nitrogens is 1. The van der Waals surface area contributed by atoms with E-state index in [4.69, 9.17) is 11.6 Å². The lowest BCUT2D eigenvalue weighted by Gasteiger charge is -2.12. The summed E-state index contributed by atoms with van der Waals surface area (Å²) >= 11 is 5.91. The number of nitrogens with one attached hydrogen (secondary N) is 1. The van der Waals surface area contributed by atoms with Crippen LogP contribution in [0.5, 0.6) is 0 Å². The van der Waals surface area contributed by atoms with Crippen molar-refractivity contribution in [2.75, 3.05) is 0 Å². The Morgan fingerprint density at radius 2 is 1.92 bits per heavy atom. The molecule has 0 spiro atoms. The van der Waals surface area contributed by atoms with Gasteiger partial charge in [0.1, 0.15) is 11.9 Å². The van der Waals surface area contributed by atoms with Crippen molar-refractivity contribution in [2.24, 2.45) is 0 Å². The average Bonchev–Trinajstić information content (AvgIpc) is 3.04. The van der Waals surface area contributed by atoms with Gasteiger partial charge in [-0.1, -0.05) is 29.8 Å². The van der Waals surface area contributed by atoms with E-state index >= 15 is 0 Å². The van der Waals surface area contributed by atoms with E-state index < -0.39 is 17.8 Å². The van der Waals surface area contributed by atoms with Crippen LogP contribution in [-0.4, -0.2) is 15.1 Å². The molecule has 3 aromatic rings.